The lowest BCUT2D eigenvalue weighted by Gasteiger charge is -2.13. The van der Waals surface area contributed by atoms with Crippen molar-refractivity contribution in [3.8, 4) is 16.9 Å². The number of anilines is 1. The number of imidazole rings is 1. The van der Waals surface area contributed by atoms with Crippen molar-refractivity contribution in [2.75, 3.05) is 25.1 Å². The van der Waals surface area contributed by atoms with E-state index >= 15 is 0 Å². The Hall–Kier alpha value is -4.02. The van der Waals surface area contributed by atoms with Gasteiger partial charge in [0.15, 0.2) is 0 Å². The van der Waals surface area contributed by atoms with Crippen molar-refractivity contribution in [2.45, 2.75) is 63.4 Å². The summed E-state index contributed by atoms with van der Waals surface area (Å²) in [6.07, 6.45) is 2.71. The van der Waals surface area contributed by atoms with Crippen LogP contribution in [-0.4, -0.2) is 35.3 Å². The molecule has 0 fully saturated rings. The van der Waals surface area contributed by atoms with Gasteiger partial charge in [0.05, 0.1) is 29.9 Å². The fraction of sp³-hybridized carbons (Fsp3) is 0.333. The number of aromatic nitrogens is 2. The summed E-state index contributed by atoms with van der Waals surface area (Å²) in [6.45, 7) is 8.75. The minimum Gasteiger partial charge on any atom is -0.491 e. The Morgan fingerprint density at radius 3 is 2.39 bits per heavy atom. The number of benzene rings is 3. The van der Waals surface area contributed by atoms with Crippen LogP contribution < -0.4 is 10.1 Å². The van der Waals surface area contributed by atoms with Crippen LogP contribution in [0.15, 0.2) is 84.0 Å². The molecular formula is C36H40F3N3O3S. The number of rotatable bonds is 16. The van der Waals surface area contributed by atoms with Crippen LogP contribution in [0.5, 0.6) is 5.75 Å². The number of nitrogens with zero attached hydrogens (tertiary/aromatic N) is 2. The van der Waals surface area contributed by atoms with Gasteiger partial charge in [0.25, 0.3) is 0 Å². The summed E-state index contributed by atoms with van der Waals surface area (Å²) in [5, 5.41) is 2.73. The molecular weight excluding hydrogens is 611 g/mol. The van der Waals surface area contributed by atoms with Gasteiger partial charge in [-0.1, -0.05) is 38.5 Å². The van der Waals surface area contributed by atoms with Gasteiger partial charge in [-0.2, -0.15) is 13.2 Å². The molecule has 1 amide bonds. The summed E-state index contributed by atoms with van der Waals surface area (Å²) in [5.41, 5.74) is 3.13. The molecule has 4 rings (SSSR count). The average molecular weight is 652 g/mol. The molecule has 0 saturated carbocycles. The van der Waals surface area contributed by atoms with E-state index in [0.29, 0.717) is 36.8 Å². The van der Waals surface area contributed by atoms with Gasteiger partial charge in [0, 0.05) is 35.6 Å². The van der Waals surface area contributed by atoms with Crippen LogP contribution in [0.3, 0.4) is 0 Å². The lowest BCUT2D eigenvalue weighted by molar-refractivity contribution is -0.137. The van der Waals surface area contributed by atoms with E-state index in [1.165, 1.54) is 23.9 Å². The molecule has 244 valence electrons. The lowest BCUT2D eigenvalue weighted by atomic mass is 9.98. The van der Waals surface area contributed by atoms with Crippen molar-refractivity contribution in [1.82, 2.24) is 9.55 Å². The van der Waals surface area contributed by atoms with Gasteiger partial charge in [-0.05, 0) is 91.1 Å². The van der Waals surface area contributed by atoms with Crippen LogP contribution in [0.4, 0.5) is 18.9 Å². The fourth-order valence-electron chi connectivity index (χ4n) is 4.71. The van der Waals surface area contributed by atoms with Crippen LogP contribution in [0.1, 0.15) is 55.6 Å². The molecule has 1 heterocycles. The zero-order valence-corrected chi connectivity index (χ0v) is 27.2. The topological polar surface area (TPSA) is 65.4 Å². The van der Waals surface area contributed by atoms with E-state index in [4.69, 9.17) is 9.47 Å². The lowest BCUT2D eigenvalue weighted by Crippen LogP contribution is -2.09. The number of alkyl halides is 3. The third kappa shape index (κ3) is 10.3. The van der Waals surface area contributed by atoms with E-state index < -0.39 is 17.6 Å². The zero-order chi connectivity index (χ0) is 32.9. The van der Waals surface area contributed by atoms with Gasteiger partial charge in [0.1, 0.15) is 12.4 Å². The van der Waals surface area contributed by atoms with Crippen molar-refractivity contribution in [3.05, 3.63) is 102 Å². The Bertz CT molecular complexity index is 1580. The molecule has 3 aromatic carbocycles. The quantitative estimate of drug-likeness (QED) is 0.0743. The molecule has 0 aliphatic carbocycles. The molecule has 0 saturated heterocycles. The summed E-state index contributed by atoms with van der Waals surface area (Å²) in [6, 6.07) is 18.4. The highest BCUT2D eigenvalue weighted by atomic mass is 32.2. The highest BCUT2D eigenvalue weighted by molar-refractivity contribution is 7.98. The van der Waals surface area contributed by atoms with E-state index in [1.807, 2.05) is 25.4 Å². The third-order valence-corrected chi connectivity index (χ3v) is 8.24. The minimum atomic E-state index is -4.58. The molecule has 0 spiro atoms. The fourth-order valence-corrected chi connectivity index (χ4v) is 5.72. The van der Waals surface area contributed by atoms with E-state index in [-0.39, 0.29) is 5.56 Å². The van der Waals surface area contributed by atoms with E-state index in [1.54, 1.807) is 48.2 Å². The van der Waals surface area contributed by atoms with Crippen LogP contribution in [-0.2, 0) is 28.0 Å². The first-order chi connectivity index (χ1) is 22.2. The number of hydrogen-bond donors (Lipinski definition) is 1. The van der Waals surface area contributed by atoms with Crippen molar-refractivity contribution in [2.24, 2.45) is 0 Å². The van der Waals surface area contributed by atoms with Gasteiger partial charge in [-0.15, -0.1) is 11.8 Å². The first kappa shape index (κ1) is 34.8. The van der Waals surface area contributed by atoms with Gasteiger partial charge in [0.2, 0.25) is 5.91 Å². The molecule has 0 unspecified atom stereocenters. The van der Waals surface area contributed by atoms with E-state index in [2.05, 4.69) is 28.7 Å². The molecule has 0 aliphatic heterocycles. The summed E-state index contributed by atoms with van der Waals surface area (Å²) in [7, 11) is 0. The largest absolute Gasteiger partial charge is 0.491 e. The maximum Gasteiger partial charge on any atom is 0.416 e. The molecule has 1 N–H and O–H groups in total. The normalized spacial score (nSPS) is 11.7. The third-order valence-electron chi connectivity index (χ3n) is 7.21. The maximum absolute atomic E-state index is 13.8. The van der Waals surface area contributed by atoms with E-state index in [9.17, 15) is 18.0 Å². The predicted octanol–water partition coefficient (Wildman–Crippen LogP) is 9.43. The SMILES string of the molecule is CCCCOCCOc1ccc(-c2ccc(C(F)(F)F)c(/C=C/C(=O)Nc3ccc(SCc4c(C)ncn4CCC)cc3)c2)cc1. The number of carbonyl (C=O) groups excluding carboxylic acids is 1. The van der Waals surface area contributed by atoms with Gasteiger partial charge >= 0.3 is 6.18 Å². The van der Waals surface area contributed by atoms with Crippen LogP contribution in [0, 0.1) is 6.92 Å². The Morgan fingerprint density at radius 2 is 1.70 bits per heavy atom. The number of amides is 1. The highest BCUT2D eigenvalue weighted by Crippen LogP contribution is 2.35. The van der Waals surface area contributed by atoms with E-state index in [0.717, 1.165) is 59.9 Å². The Balaban J connectivity index is 1.38. The Morgan fingerprint density at radius 1 is 0.957 bits per heavy atom. The predicted molar refractivity (Wildman–Crippen MR) is 179 cm³/mol. The number of hydrogen-bond acceptors (Lipinski definition) is 5. The standard InChI is InChI=1S/C36H40F3N3O3S/c1-4-6-20-44-21-22-45-31-13-7-27(8-14-31)28-9-17-33(36(37,38)39)29(23-28)10-18-35(43)41-30-11-15-32(16-12-30)46-24-34-26(3)40-25-42(34)19-5-2/h7-18,23,25H,4-6,19-22,24H2,1-3H3,(H,41,43)/b18-10+. The Kier molecular flexibility index (Phi) is 12.9. The number of aryl methyl sites for hydroxylation is 2. The second-order valence-electron chi connectivity index (χ2n) is 10.7. The number of unbranched alkanes of at least 4 members (excludes halogenated alkanes) is 1. The summed E-state index contributed by atoms with van der Waals surface area (Å²) >= 11 is 1.67. The number of carbonyl (C=O) groups is 1. The monoisotopic (exact) mass is 651 g/mol. The molecule has 1 aromatic heterocycles. The van der Waals surface area contributed by atoms with Gasteiger partial charge in [-0.3, -0.25) is 4.79 Å². The number of thioether (sulfide) groups is 1. The van der Waals surface area contributed by atoms with Gasteiger partial charge < -0.3 is 19.4 Å². The van der Waals surface area contributed by atoms with Crippen molar-refractivity contribution in [1.29, 1.82) is 0 Å². The molecule has 6 nitrogen and oxygen atoms in total. The summed E-state index contributed by atoms with van der Waals surface area (Å²) in [5.74, 6) is 0.888. The second kappa shape index (κ2) is 17.1. The van der Waals surface area contributed by atoms with Crippen LogP contribution in [0.2, 0.25) is 0 Å². The second-order valence-corrected chi connectivity index (χ2v) is 11.8. The molecule has 10 heteroatoms. The summed E-state index contributed by atoms with van der Waals surface area (Å²) < 4.78 is 54.8. The van der Waals surface area contributed by atoms with Crippen LogP contribution >= 0.6 is 11.8 Å². The van der Waals surface area contributed by atoms with Crippen molar-refractivity contribution >= 4 is 29.4 Å². The highest BCUT2D eigenvalue weighted by Gasteiger charge is 2.32. The zero-order valence-electron chi connectivity index (χ0n) is 26.4. The van der Waals surface area contributed by atoms with Crippen molar-refractivity contribution in [3.63, 3.8) is 0 Å². The molecule has 4 aromatic rings. The van der Waals surface area contributed by atoms with Gasteiger partial charge in [-0.25, -0.2) is 4.98 Å². The first-order valence-electron chi connectivity index (χ1n) is 15.4. The number of ether oxygens (including phenoxy) is 2. The maximum atomic E-state index is 13.8. The first-order valence-corrected chi connectivity index (χ1v) is 16.4. The average Bonchev–Trinajstić information content (AvgIpc) is 3.39. The molecule has 0 radical (unpaired) electrons. The van der Waals surface area contributed by atoms with Crippen LogP contribution in [0.25, 0.3) is 17.2 Å². The smallest absolute Gasteiger partial charge is 0.416 e. The summed E-state index contributed by atoms with van der Waals surface area (Å²) in [4.78, 5) is 18.1. The Labute approximate surface area is 273 Å². The molecule has 0 bridgehead atoms. The van der Waals surface area contributed by atoms with Crippen molar-refractivity contribution < 1.29 is 27.4 Å². The molecule has 46 heavy (non-hydrogen) atoms. The minimum absolute atomic E-state index is 0.103. The molecule has 0 atom stereocenters. The number of nitrogens with one attached hydrogen (secondary N) is 1. The number of halogens is 3. The molecule has 0 aliphatic rings.